The van der Waals surface area contributed by atoms with Crippen LogP contribution in [0.15, 0.2) is 52.3 Å². The molecule has 158 valence electrons. The lowest BCUT2D eigenvalue weighted by Gasteiger charge is -2.11. The highest BCUT2D eigenvalue weighted by molar-refractivity contribution is 9.10. The Hall–Kier alpha value is -2.38. The third-order valence-corrected chi connectivity index (χ3v) is 5.94. The lowest BCUT2D eigenvalue weighted by Crippen LogP contribution is -2.12. The summed E-state index contributed by atoms with van der Waals surface area (Å²) in [6, 6.07) is 13.8. The highest BCUT2D eigenvalue weighted by atomic mass is 79.9. The Balaban J connectivity index is 1.47. The number of carbonyl (C=O) groups is 1. The number of ether oxygens (including phenoxy) is 2. The van der Waals surface area contributed by atoms with Crippen molar-refractivity contribution in [2.75, 3.05) is 19.0 Å². The van der Waals surface area contributed by atoms with E-state index in [9.17, 15) is 4.79 Å². The van der Waals surface area contributed by atoms with Crippen LogP contribution in [0.2, 0.25) is 0 Å². The van der Waals surface area contributed by atoms with Crippen LogP contribution in [-0.2, 0) is 4.79 Å². The molecule has 0 radical (unpaired) electrons. The van der Waals surface area contributed by atoms with Crippen molar-refractivity contribution in [3.63, 3.8) is 0 Å². The molecule has 0 saturated carbocycles. The number of nitrogens with zero attached hydrogens (tertiary/aromatic N) is 1. The number of methoxy groups -OCH3 is 1. The van der Waals surface area contributed by atoms with Crippen LogP contribution in [0.5, 0.6) is 11.5 Å². The summed E-state index contributed by atoms with van der Waals surface area (Å²) in [4.78, 5) is 16.8. The van der Waals surface area contributed by atoms with Crippen molar-refractivity contribution in [3.8, 4) is 22.8 Å². The van der Waals surface area contributed by atoms with Gasteiger partial charge in [-0.3, -0.25) is 4.79 Å². The van der Waals surface area contributed by atoms with Gasteiger partial charge in [-0.25, -0.2) is 4.98 Å². The number of nitrogens with one attached hydrogen (secondary N) is 1. The molecular weight excluding hydrogens is 464 g/mol. The van der Waals surface area contributed by atoms with E-state index < -0.39 is 0 Å². The molecule has 0 unspecified atom stereocenters. The molecule has 1 aromatic heterocycles. The highest BCUT2D eigenvalue weighted by Gasteiger charge is 2.11. The van der Waals surface area contributed by atoms with Crippen LogP contribution >= 0.6 is 27.3 Å². The van der Waals surface area contributed by atoms with Gasteiger partial charge in [-0.2, -0.15) is 0 Å². The number of carbonyl (C=O) groups excluding carboxylic acids is 1. The molecule has 2 aromatic carbocycles. The first-order chi connectivity index (χ1) is 14.5. The van der Waals surface area contributed by atoms with Gasteiger partial charge in [0.25, 0.3) is 0 Å². The summed E-state index contributed by atoms with van der Waals surface area (Å²) in [5.41, 5.74) is 2.94. The van der Waals surface area contributed by atoms with Gasteiger partial charge in [-0.1, -0.05) is 32.0 Å². The standard InChI is InChI=1S/C23H25BrN2O3S/c1-15(2)16-10-11-21(18(24)13-16)29-12-6-9-22(27)26-23-25-19(14-30-23)17-7-4-5-8-20(17)28-3/h4-5,7-8,10-11,13-15H,6,9,12H2,1-3H3,(H,25,26,27). The van der Waals surface area contributed by atoms with Crippen molar-refractivity contribution >= 4 is 38.3 Å². The molecule has 0 aliphatic heterocycles. The quantitative estimate of drug-likeness (QED) is 0.349. The zero-order valence-corrected chi connectivity index (χ0v) is 19.7. The van der Waals surface area contributed by atoms with E-state index in [1.165, 1.54) is 16.9 Å². The first kappa shape index (κ1) is 22.3. The summed E-state index contributed by atoms with van der Waals surface area (Å²) in [6.45, 7) is 4.78. The molecule has 3 rings (SSSR count). The number of hydrogen-bond acceptors (Lipinski definition) is 5. The van der Waals surface area contributed by atoms with Crippen LogP contribution in [-0.4, -0.2) is 24.6 Å². The third kappa shape index (κ3) is 5.83. The van der Waals surface area contributed by atoms with E-state index in [-0.39, 0.29) is 5.91 Å². The largest absolute Gasteiger partial charge is 0.496 e. The summed E-state index contributed by atoms with van der Waals surface area (Å²) in [5.74, 6) is 1.94. The van der Waals surface area contributed by atoms with E-state index in [4.69, 9.17) is 9.47 Å². The van der Waals surface area contributed by atoms with Gasteiger partial charge in [0, 0.05) is 17.4 Å². The zero-order valence-electron chi connectivity index (χ0n) is 17.3. The first-order valence-electron chi connectivity index (χ1n) is 9.79. The maximum Gasteiger partial charge on any atom is 0.226 e. The minimum Gasteiger partial charge on any atom is -0.496 e. The van der Waals surface area contributed by atoms with Crippen LogP contribution < -0.4 is 14.8 Å². The average molecular weight is 489 g/mol. The van der Waals surface area contributed by atoms with Gasteiger partial charge >= 0.3 is 0 Å². The number of thiazole rings is 1. The molecule has 0 aliphatic carbocycles. The van der Waals surface area contributed by atoms with Gasteiger partial charge in [0.1, 0.15) is 11.5 Å². The molecule has 0 saturated heterocycles. The maximum absolute atomic E-state index is 12.2. The van der Waals surface area contributed by atoms with E-state index >= 15 is 0 Å². The average Bonchev–Trinajstić information content (AvgIpc) is 3.20. The van der Waals surface area contributed by atoms with Gasteiger partial charge in [0.15, 0.2) is 5.13 Å². The number of para-hydroxylation sites is 1. The lowest BCUT2D eigenvalue weighted by molar-refractivity contribution is -0.116. The van der Waals surface area contributed by atoms with Crippen molar-refractivity contribution in [3.05, 3.63) is 57.9 Å². The Bertz CT molecular complexity index is 1000. The predicted octanol–water partition coefficient (Wildman–Crippen LogP) is 6.50. The van der Waals surface area contributed by atoms with Crippen LogP contribution in [0.25, 0.3) is 11.3 Å². The van der Waals surface area contributed by atoms with Crippen molar-refractivity contribution in [2.45, 2.75) is 32.6 Å². The van der Waals surface area contributed by atoms with E-state index in [0.717, 1.165) is 27.2 Å². The number of hydrogen-bond donors (Lipinski definition) is 1. The molecule has 30 heavy (non-hydrogen) atoms. The van der Waals surface area contributed by atoms with E-state index in [1.54, 1.807) is 7.11 Å². The summed E-state index contributed by atoms with van der Waals surface area (Å²) >= 11 is 4.95. The molecule has 1 amide bonds. The van der Waals surface area contributed by atoms with Gasteiger partial charge in [-0.05, 0) is 58.1 Å². The number of benzene rings is 2. The Morgan fingerprint density at radius 1 is 1.20 bits per heavy atom. The second-order valence-electron chi connectivity index (χ2n) is 7.08. The molecule has 0 spiro atoms. The Morgan fingerprint density at radius 2 is 2.00 bits per heavy atom. The molecular formula is C23H25BrN2O3S. The fourth-order valence-electron chi connectivity index (χ4n) is 2.90. The monoisotopic (exact) mass is 488 g/mol. The fraction of sp³-hybridized carbons (Fsp3) is 0.304. The summed E-state index contributed by atoms with van der Waals surface area (Å²) < 4.78 is 12.1. The van der Waals surface area contributed by atoms with Gasteiger partial charge in [0.2, 0.25) is 5.91 Å². The van der Waals surface area contributed by atoms with Crippen LogP contribution in [0.1, 0.15) is 38.2 Å². The topological polar surface area (TPSA) is 60.5 Å². The Labute approximate surface area is 189 Å². The number of anilines is 1. The van der Waals surface area contributed by atoms with Gasteiger partial charge in [-0.15, -0.1) is 11.3 Å². The fourth-order valence-corrected chi connectivity index (χ4v) is 4.14. The molecule has 0 bridgehead atoms. The molecule has 5 nitrogen and oxygen atoms in total. The predicted molar refractivity (Wildman–Crippen MR) is 126 cm³/mol. The molecule has 0 aliphatic rings. The summed E-state index contributed by atoms with van der Waals surface area (Å²) in [6.07, 6.45) is 0.986. The number of halogens is 1. The number of rotatable bonds is 9. The third-order valence-electron chi connectivity index (χ3n) is 4.56. The van der Waals surface area contributed by atoms with E-state index in [1.807, 2.05) is 35.7 Å². The van der Waals surface area contributed by atoms with E-state index in [0.29, 0.717) is 30.5 Å². The van der Waals surface area contributed by atoms with E-state index in [2.05, 4.69) is 52.2 Å². The molecule has 3 aromatic rings. The van der Waals surface area contributed by atoms with Crippen LogP contribution in [0.4, 0.5) is 5.13 Å². The molecule has 7 heteroatoms. The number of aromatic nitrogens is 1. The lowest BCUT2D eigenvalue weighted by atomic mass is 10.0. The maximum atomic E-state index is 12.2. The Kier molecular flexibility index (Phi) is 7.87. The van der Waals surface area contributed by atoms with Crippen molar-refractivity contribution in [1.82, 2.24) is 4.98 Å². The molecule has 1 heterocycles. The van der Waals surface area contributed by atoms with Crippen molar-refractivity contribution < 1.29 is 14.3 Å². The second-order valence-corrected chi connectivity index (χ2v) is 8.80. The molecule has 0 fully saturated rings. The number of amides is 1. The smallest absolute Gasteiger partial charge is 0.226 e. The molecule has 0 atom stereocenters. The minimum absolute atomic E-state index is 0.0752. The normalized spacial score (nSPS) is 10.8. The van der Waals surface area contributed by atoms with Crippen molar-refractivity contribution in [2.24, 2.45) is 0 Å². The Morgan fingerprint density at radius 3 is 2.73 bits per heavy atom. The second kappa shape index (κ2) is 10.6. The zero-order chi connectivity index (χ0) is 21.5. The van der Waals surface area contributed by atoms with Gasteiger partial charge < -0.3 is 14.8 Å². The molecule has 1 N–H and O–H groups in total. The van der Waals surface area contributed by atoms with Crippen LogP contribution in [0.3, 0.4) is 0 Å². The SMILES string of the molecule is COc1ccccc1-c1csc(NC(=O)CCCOc2ccc(C(C)C)cc2Br)n1. The van der Waals surface area contributed by atoms with Crippen LogP contribution in [0, 0.1) is 0 Å². The van der Waals surface area contributed by atoms with Crippen molar-refractivity contribution in [1.29, 1.82) is 0 Å². The summed E-state index contributed by atoms with van der Waals surface area (Å²) in [5, 5.41) is 5.35. The minimum atomic E-state index is -0.0752. The highest BCUT2D eigenvalue weighted by Crippen LogP contribution is 2.32. The van der Waals surface area contributed by atoms with Gasteiger partial charge in [0.05, 0.1) is 23.9 Å². The first-order valence-corrected chi connectivity index (χ1v) is 11.5. The summed E-state index contributed by atoms with van der Waals surface area (Å²) in [7, 11) is 1.63.